The van der Waals surface area contributed by atoms with E-state index in [0.717, 1.165) is 22.0 Å². The predicted molar refractivity (Wildman–Crippen MR) is 144 cm³/mol. The molecular formula is C27H25BrN4O4. The molecule has 0 saturated heterocycles. The highest BCUT2D eigenvalue weighted by Gasteiger charge is 2.17. The molecule has 1 heterocycles. The quantitative estimate of drug-likeness (QED) is 0.145. The van der Waals surface area contributed by atoms with Gasteiger partial charge in [0.25, 0.3) is 11.2 Å². The van der Waals surface area contributed by atoms with Gasteiger partial charge >= 0.3 is 0 Å². The molecule has 0 N–H and O–H groups in total. The van der Waals surface area contributed by atoms with Gasteiger partial charge in [-0.3, -0.25) is 14.9 Å². The molecule has 0 fully saturated rings. The maximum Gasteiger partial charge on any atom is 0.282 e. The molecule has 4 aromatic rings. The van der Waals surface area contributed by atoms with Crippen LogP contribution in [0.25, 0.3) is 10.9 Å². The Morgan fingerprint density at radius 3 is 2.72 bits per heavy atom. The maximum absolute atomic E-state index is 13.4. The number of benzene rings is 3. The van der Waals surface area contributed by atoms with E-state index in [-0.39, 0.29) is 23.8 Å². The lowest BCUT2D eigenvalue weighted by Gasteiger charge is -2.14. The first-order chi connectivity index (χ1) is 17.3. The molecule has 184 valence electrons. The molecule has 3 aromatic carbocycles. The van der Waals surface area contributed by atoms with Gasteiger partial charge in [0.15, 0.2) is 0 Å². The van der Waals surface area contributed by atoms with E-state index in [1.54, 1.807) is 18.2 Å². The van der Waals surface area contributed by atoms with Crippen molar-refractivity contribution in [1.82, 2.24) is 9.66 Å². The van der Waals surface area contributed by atoms with E-state index >= 15 is 0 Å². The van der Waals surface area contributed by atoms with Gasteiger partial charge in [-0.2, -0.15) is 9.78 Å². The summed E-state index contributed by atoms with van der Waals surface area (Å²) in [5.74, 6) is 0.895. The molecule has 1 atom stereocenters. The van der Waals surface area contributed by atoms with Gasteiger partial charge in [0.1, 0.15) is 18.2 Å². The third kappa shape index (κ3) is 5.52. The van der Waals surface area contributed by atoms with E-state index in [1.807, 2.05) is 51.1 Å². The summed E-state index contributed by atoms with van der Waals surface area (Å²) >= 11 is 3.41. The van der Waals surface area contributed by atoms with Crippen LogP contribution in [0.2, 0.25) is 0 Å². The van der Waals surface area contributed by atoms with E-state index in [4.69, 9.17) is 9.72 Å². The minimum atomic E-state index is -0.479. The number of non-ortho nitro benzene ring substituents is 1. The summed E-state index contributed by atoms with van der Waals surface area (Å²) < 4.78 is 8.02. The van der Waals surface area contributed by atoms with Gasteiger partial charge in [-0.15, -0.1) is 0 Å². The molecule has 9 heteroatoms. The topological polar surface area (TPSA) is 99.6 Å². The van der Waals surface area contributed by atoms with Crippen LogP contribution in [0.3, 0.4) is 0 Å². The van der Waals surface area contributed by atoms with Crippen molar-refractivity contribution in [2.45, 2.75) is 39.7 Å². The maximum atomic E-state index is 13.4. The lowest BCUT2D eigenvalue weighted by molar-refractivity contribution is -0.384. The van der Waals surface area contributed by atoms with E-state index in [1.165, 1.54) is 23.0 Å². The fourth-order valence-electron chi connectivity index (χ4n) is 3.74. The highest BCUT2D eigenvalue weighted by Crippen LogP contribution is 2.25. The number of aryl methyl sites for hydroxylation is 1. The number of aromatic nitrogens is 2. The van der Waals surface area contributed by atoms with Gasteiger partial charge in [0.2, 0.25) is 0 Å². The monoisotopic (exact) mass is 548 g/mol. The number of halogens is 1. The molecular weight excluding hydrogens is 524 g/mol. The Morgan fingerprint density at radius 2 is 2.00 bits per heavy atom. The molecule has 0 aliphatic carbocycles. The van der Waals surface area contributed by atoms with E-state index in [0.29, 0.717) is 28.0 Å². The summed E-state index contributed by atoms with van der Waals surface area (Å²) in [4.78, 5) is 29.0. The van der Waals surface area contributed by atoms with Crippen molar-refractivity contribution in [2.75, 3.05) is 0 Å². The Balaban J connectivity index is 1.79. The number of hydrogen-bond acceptors (Lipinski definition) is 6. The smallest absolute Gasteiger partial charge is 0.282 e. The molecule has 0 saturated carbocycles. The Hall–Kier alpha value is -3.85. The SMILES string of the molecule is CC[C@H](C)c1nc2ccc(Br)cc2c(=O)n1N=Cc1cc([N+](=O)[O-])ccc1OCc1cccc(C)c1. The van der Waals surface area contributed by atoms with Crippen LogP contribution in [0.1, 0.15) is 48.7 Å². The number of nitro groups is 1. The molecule has 0 spiro atoms. The number of rotatable bonds is 8. The first-order valence-electron chi connectivity index (χ1n) is 11.5. The number of fused-ring (bicyclic) bond motifs is 1. The van der Waals surface area contributed by atoms with Crippen LogP contribution in [0.5, 0.6) is 5.75 Å². The third-order valence-corrected chi connectivity index (χ3v) is 6.37. The summed E-state index contributed by atoms with van der Waals surface area (Å²) in [5.41, 5.74) is 2.62. The van der Waals surface area contributed by atoms with Crippen LogP contribution in [0.4, 0.5) is 5.69 Å². The number of nitro benzene ring substituents is 1. The van der Waals surface area contributed by atoms with Gasteiger partial charge in [-0.1, -0.05) is 59.6 Å². The molecule has 0 aliphatic rings. The Bertz CT molecular complexity index is 1530. The van der Waals surface area contributed by atoms with E-state index < -0.39 is 4.92 Å². The summed E-state index contributed by atoms with van der Waals surface area (Å²) in [6, 6.07) is 17.5. The molecule has 0 radical (unpaired) electrons. The second-order valence-electron chi connectivity index (χ2n) is 8.56. The van der Waals surface area contributed by atoms with Crippen LogP contribution in [-0.2, 0) is 6.61 Å². The predicted octanol–water partition coefficient (Wildman–Crippen LogP) is 6.35. The molecule has 0 amide bonds. The Kier molecular flexibility index (Phi) is 7.59. The van der Waals surface area contributed by atoms with Gasteiger partial charge < -0.3 is 4.74 Å². The number of nitrogens with zero attached hydrogens (tertiary/aromatic N) is 4. The van der Waals surface area contributed by atoms with Crippen LogP contribution in [0, 0.1) is 17.0 Å². The summed E-state index contributed by atoms with van der Waals surface area (Å²) in [6.45, 7) is 6.26. The van der Waals surface area contributed by atoms with Crippen molar-refractivity contribution >= 4 is 38.7 Å². The molecule has 8 nitrogen and oxygen atoms in total. The van der Waals surface area contributed by atoms with Gasteiger partial charge in [-0.25, -0.2) is 4.98 Å². The van der Waals surface area contributed by atoms with Crippen LogP contribution < -0.4 is 10.3 Å². The number of hydrogen-bond donors (Lipinski definition) is 0. The first-order valence-corrected chi connectivity index (χ1v) is 12.3. The molecule has 0 unspecified atom stereocenters. The minimum Gasteiger partial charge on any atom is -0.488 e. The molecule has 0 bridgehead atoms. The standard InChI is InChI=1S/C27H25BrN4O4/c1-4-18(3)26-30-24-10-8-21(28)14-23(24)27(33)31(26)29-15-20-13-22(32(34)35)9-11-25(20)36-16-19-7-5-6-17(2)12-19/h5-15,18H,4,16H2,1-3H3/t18-/m0/s1. The fraction of sp³-hybridized carbons (Fsp3) is 0.222. The summed E-state index contributed by atoms with van der Waals surface area (Å²) in [7, 11) is 0. The molecule has 1 aromatic heterocycles. The van der Waals surface area contributed by atoms with Gasteiger partial charge in [0.05, 0.1) is 22.0 Å². The van der Waals surface area contributed by atoms with Crippen LogP contribution >= 0.6 is 15.9 Å². The molecule has 0 aliphatic heterocycles. The second kappa shape index (κ2) is 10.8. The lowest BCUT2D eigenvalue weighted by Crippen LogP contribution is -2.23. The second-order valence-corrected chi connectivity index (χ2v) is 9.47. The zero-order chi connectivity index (χ0) is 25.8. The minimum absolute atomic E-state index is 0.0370. The highest BCUT2D eigenvalue weighted by molar-refractivity contribution is 9.10. The molecule has 4 rings (SSSR count). The van der Waals surface area contributed by atoms with Crippen molar-refractivity contribution in [1.29, 1.82) is 0 Å². The molecule has 36 heavy (non-hydrogen) atoms. The lowest BCUT2D eigenvalue weighted by atomic mass is 10.1. The zero-order valence-electron chi connectivity index (χ0n) is 20.1. The number of ether oxygens (including phenoxy) is 1. The van der Waals surface area contributed by atoms with Crippen molar-refractivity contribution in [3.8, 4) is 5.75 Å². The largest absolute Gasteiger partial charge is 0.488 e. The first kappa shape index (κ1) is 25.2. The van der Waals surface area contributed by atoms with Crippen molar-refractivity contribution < 1.29 is 9.66 Å². The Morgan fingerprint density at radius 1 is 1.19 bits per heavy atom. The van der Waals surface area contributed by atoms with E-state index in [9.17, 15) is 14.9 Å². The zero-order valence-corrected chi connectivity index (χ0v) is 21.7. The van der Waals surface area contributed by atoms with Crippen LogP contribution in [0.15, 0.2) is 75.0 Å². The highest BCUT2D eigenvalue weighted by atomic mass is 79.9. The normalized spacial score (nSPS) is 12.2. The average Bonchev–Trinajstić information content (AvgIpc) is 2.86. The average molecular weight is 549 g/mol. The van der Waals surface area contributed by atoms with Crippen LogP contribution in [-0.4, -0.2) is 20.8 Å². The Labute approximate surface area is 216 Å². The van der Waals surface area contributed by atoms with E-state index in [2.05, 4.69) is 21.0 Å². The summed E-state index contributed by atoms with van der Waals surface area (Å²) in [5, 5.41) is 16.3. The van der Waals surface area contributed by atoms with Crippen molar-refractivity contribution in [3.63, 3.8) is 0 Å². The summed E-state index contributed by atoms with van der Waals surface area (Å²) in [6.07, 6.45) is 2.17. The van der Waals surface area contributed by atoms with Crippen molar-refractivity contribution in [2.24, 2.45) is 5.10 Å². The van der Waals surface area contributed by atoms with Crippen molar-refractivity contribution in [3.05, 3.63) is 108 Å². The van der Waals surface area contributed by atoms with Gasteiger partial charge in [-0.05, 0) is 43.2 Å². The third-order valence-electron chi connectivity index (χ3n) is 5.88. The fourth-order valence-corrected chi connectivity index (χ4v) is 4.10. The van der Waals surface area contributed by atoms with Gasteiger partial charge in [0, 0.05) is 28.1 Å².